The molecule has 0 spiro atoms. The number of aromatic nitrogens is 2. The molecule has 1 aliphatic rings. The molecule has 1 saturated heterocycles. The molecular formula is C32H35N3O13. The number of esters is 2. The zero-order valence-electron chi connectivity index (χ0n) is 26.3. The Morgan fingerprint density at radius 3 is 2.00 bits per heavy atom. The number of nitrogens with one attached hydrogen (secondary N) is 2. The van der Waals surface area contributed by atoms with Gasteiger partial charge in [-0.1, -0.05) is 60.7 Å². The first-order valence-corrected chi connectivity index (χ1v) is 14.8. The fourth-order valence-electron chi connectivity index (χ4n) is 4.87. The van der Waals surface area contributed by atoms with Crippen LogP contribution in [0, 0.1) is 0 Å². The first kappa shape index (κ1) is 35.4. The number of hydrogen-bond acceptors (Lipinski definition) is 13. The largest absolute Gasteiger partial charge is 0.509 e. The second kappa shape index (κ2) is 16.9. The number of amides is 1. The van der Waals surface area contributed by atoms with Gasteiger partial charge in [0.25, 0.3) is 5.56 Å². The smallest absolute Gasteiger partial charge is 0.455 e. The Balaban J connectivity index is 1.70. The molecule has 2 N–H and O–H groups in total. The van der Waals surface area contributed by atoms with E-state index in [2.05, 4.69) is 10.3 Å². The van der Waals surface area contributed by atoms with Crippen molar-refractivity contribution in [1.82, 2.24) is 14.9 Å². The van der Waals surface area contributed by atoms with Crippen LogP contribution in [0.15, 0.2) is 82.5 Å². The predicted octanol–water partition coefficient (Wildman–Crippen LogP) is 2.31. The van der Waals surface area contributed by atoms with Gasteiger partial charge in [-0.15, -0.1) is 0 Å². The number of alkyl carbamates (subject to hydrolysis) is 1. The zero-order chi connectivity index (χ0) is 34.6. The maximum Gasteiger partial charge on any atom is 0.509 e. The van der Waals surface area contributed by atoms with Gasteiger partial charge in [-0.05, 0) is 18.1 Å². The van der Waals surface area contributed by atoms with Crippen LogP contribution in [0.5, 0.6) is 0 Å². The van der Waals surface area contributed by atoms with Crippen LogP contribution < -0.4 is 16.6 Å². The summed E-state index contributed by atoms with van der Waals surface area (Å²) >= 11 is 0. The number of nitrogens with zero attached hydrogens (tertiary/aromatic N) is 1. The van der Waals surface area contributed by atoms with Gasteiger partial charge in [0.2, 0.25) is 0 Å². The molecule has 0 saturated carbocycles. The number of carbonyl (C=O) groups is 4. The summed E-state index contributed by atoms with van der Waals surface area (Å²) < 4.78 is 40.1. The fraction of sp³-hybridized carbons (Fsp3) is 0.375. The lowest BCUT2D eigenvalue weighted by Gasteiger charge is -2.32. The third kappa shape index (κ3) is 9.76. The van der Waals surface area contributed by atoms with E-state index in [9.17, 15) is 28.8 Å². The lowest BCUT2D eigenvalue weighted by Crippen LogP contribution is -2.56. The van der Waals surface area contributed by atoms with Crippen LogP contribution in [0.25, 0.3) is 0 Å². The third-order valence-electron chi connectivity index (χ3n) is 6.83. The average Bonchev–Trinajstić information content (AvgIpc) is 3.38. The second-order valence-electron chi connectivity index (χ2n) is 10.3. The molecule has 1 fully saturated rings. The van der Waals surface area contributed by atoms with Crippen LogP contribution in [0.3, 0.4) is 0 Å². The highest BCUT2D eigenvalue weighted by atomic mass is 16.7. The van der Waals surface area contributed by atoms with Crippen molar-refractivity contribution in [3.8, 4) is 0 Å². The molecular weight excluding hydrogens is 634 g/mol. The number of aromatic amines is 1. The standard InChI is InChI=1S/C32H35N3O13/c1-4-42-28(34-31(40)43-17-21-11-7-5-8-12-21)26(48-32(41)44-18-22-13-9-6-10-14-22)24-25(45-19(2)36)27(46-20(3)37)29(47-24)35-16-15-23(38)33-30(35)39/h5-16,24-29H,4,17-18H2,1-3H3,(H,34,40)(H,33,38,39)/t24-,25+,26-,27+,28-,29+/m0/s1. The van der Waals surface area contributed by atoms with E-state index in [-0.39, 0.29) is 19.8 Å². The van der Waals surface area contributed by atoms with Gasteiger partial charge in [0.05, 0.1) is 0 Å². The van der Waals surface area contributed by atoms with Gasteiger partial charge in [0.15, 0.2) is 30.8 Å². The molecule has 1 aliphatic heterocycles. The molecule has 3 aromatic rings. The Kier molecular flexibility index (Phi) is 12.5. The van der Waals surface area contributed by atoms with Crippen LogP contribution in [-0.4, -0.2) is 71.0 Å². The summed E-state index contributed by atoms with van der Waals surface area (Å²) in [6.07, 6.45) is -10.5. The quantitative estimate of drug-likeness (QED) is 0.153. The van der Waals surface area contributed by atoms with Crippen LogP contribution >= 0.6 is 0 Å². The van der Waals surface area contributed by atoms with Crippen LogP contribution in [0.4, 0.5) is 9.59 Å². The van der Waals surface area contributed by atoms with Crippen molar-refractivity contribution in [2.75, 3.05) is 6.61 Å². The highest BCUT2D eigenvalue weighted by Gasteiger charge is 2.56. The number of ether oxygens (including phenoxy) is 7. The van der Waals surface area contributed by atoms with Crippen molar-refractivity contribution >= 4 is 24.2 Å². The van der Waals surface area contributed by atoms with Crippen molar-refractivity contribution in [3.63, 3.8) is 0 Å². The topological polar surface area (TPSA) is 200 Å². The molecule has 16 heteroatoms. The van der Waals surface area contributed by atoms with E-state index in [0.29, 0.717) is 11.1 Å². The van der Waals surface area contributed by atoms with E-state index in [1.807, 2.05) is 0 Å². The van der Waals surface area contributed by atoms with Gasteiger partial charge in [-0.2, -0.15) is 0 Å². The Morgan fingerprint density at radius 2 is 1.44 bits per heavy atom. The van der Waals surface area contributed by atoms with Crippen molar-refractivity contribution in [1.29, 1.82) is 0 Å². The Labute approximate surface area is 273 Å². The lowest BCUT2D eigenvalue weighted by atomic mass is 10.0. The van der Waals surface area contributed by atoms with Gasteiger partial charge >= 0.3 is 29.9 Å². The number of rotatable bonds is 13. The third-order valence-corrected chi connectivity index (χ3v) is 6.83. The van der Waals surface area contributed by atoms with Gasteiger partial charge in [0.1, 0.15) is 19.3 Å². The summed E-state index contributed by atoms with van der Waals surface area (Å²) in [5, 5.41) is 2.49. The first-order chi connectivity index (χ1) is 23.0. The highest BCUT2D eigenvalue weighted by molar-refractivity contribution is 5.68. The average molecular weight is 670 g/mol. The molecule has 0 radical (unpaired) electrons. The van der Waals surface area contributed by atoms with E-state index in [0.717, 1.165) is 30.7 Å². The molecule has 0 bridgehead atoms. The van der Waals surface area contributed by atoms with E-state index in [1.165, 1.54) is 0 Å². The summed E-state index contributed by atoms with van der Waals surface area (Å²) in [5.74, 6) is -1.69. The minimum absolute atomic E-state index is 0.0380. The summed E-state index contributed by atoms with van der Waals surface area (Å²) in [6.45, 7) is 3.40. The molecule has 4 rings (SSSR count). The molecule has 256 valence electrons. The number of H-pyrrole nitrogens is 1. The van der Waals surface area contributed by atoms with Crippen LogP contribution in [-0.2, 0) is 56.0 Å². The predicted molar refractivity (Wildman–Crippen MR) is 163 cm³/mol. The van der Waals surface area contributed by atoms with Gasteiger partial charge in [0, 0.05) is 32.7 Å². The molecule has 48 heavy (non-hydrogen) atoms. The van der Waals surface area contributed by atoms with E-state index < -0.39 is 72.3 Å². The van der Waals surface area contributed by atoms with Crippen molar-refractivity contribution in [2.24, 2.45) is 0 Å². The fourth-order valence-corrected chi connectivity index (χ4v) is 4.87. The molecule has 2 aromatic carbocycles. The minimum Gasteiger partial charge on any atom is -0.455 e. The number of hydrogen-bond donors (Lipinski definition) is 2. The van der Waals surface area contributed by atoms with E-state index in [1.54, 1.807) is 67.6 Å². The van der Waals surface area contributed by atoms with Crippen LogP contribution in [0.1, 0.15) is 38.1 Å². The number of carbonyl (C=O) groups excluding carboxylic acids is 4. The number of benzene rings is 2. The summed E-state index contributed by atoms with van der Waals surface area (Å²) in [5.41, 5.74) is -0.346. The summed E-state index contributed by atoms with van der Waals surface area (Å²) in [6, 6.07) is 18.5. The van der Waals surface area contributed by atoms with Crippen molar-refractivity contribution < 1.29 is 52.3 Å². The SMILES string of the molecule is CCO[C@H](NC(=O)OCc1ccccc1)[C@@H](OC(=O)OCc1ccccc1)[C@H]1O[C@@H](n2ccc(=O)[nH]c2=O)[C@H](OC(C)=O)[C@@H]1OC(C)=O. The zero-order valence-corrected chi connectivity index (χ0v) is 26.3. The maximum absolute atomic E-state index is 13.1. The molecule has 6 atom stereocenters. The normalized spacial score (nSPS) is 19.7. The monoisotopic (exact) mass is 669 g/mol. The minimum atomic E-state index is -1.68. The van der Waals surface area contributed by atoms with Gasteiger partial charge in [-0.3, -0.25) is 29.3 Å². The van der Waals surface area contributed by atoms with Crippen LogP contribution in [0.2, 0.25) is 0 Å². The van der Waals surface area contributed by atoms with Gasteiger partial charge < -0.3 is 33.2 Å². The van der Waals surface area contributed by atoms with E-state index >= 15 is 0 Å². The molecule has 0 unspecified atom stereocenters. The molecule has 1 aromatic heterocycles. The lowest BCUT2D eigenvalue weighted by molar-refractivity contribution is -0.172. The summed E-state index contributed by atoms with van der Waals surface area (Å²) in [4.78, 5) is 77.4. The maximum atomic E-state index is 13.1. The molecule has 2 heterocycles. The molecule has 0 aliphatic carbocycles. The highest BCUT2D eigenvalue weighted by Crippen LogP contribution is 2.37. The van der Waals surface area contributed by atoms with Gasteiger partial charge in [-0.25, -0.2) is 14.4 Å². The summed E-state index contributed by atoms with van der Waals surface area (Å²) in [7, 11) is 0. The first-order valence-electron chi connectivity index (χ1n) is 14.8. The second-order valence-corrected chi connectivity index (χ2v) is 10.3. The Bertz CT molecular complexity index is 1660. The Morgan fingerprint density at radius 1 is 0.854 bits per heavy atom. The van der Waals surface area contributed by atoms with E-state index in [4.69, 9.17) is 33.2 Å². The molecule has 1 amide bonds. The van der Waals surface area contributed by atoms with Crippen molar-refractivity contribution in [2.45, 2.75) is 70.9 Å². The molecule has 16 nitrogen and oxygen atoms in total. The Hall–Kier alpha value is -5.48. The van der Waals surface area contributed by atoms with Crippen molar-refractivity contribution in [3.05, 3.63) is 105 Å².